The lowest BCUT2D eigenvalue weighted by atomic mass is 9.98. The van der Waals surface area contributed by atoms with Gasteiger partial charge in [0.1, 0.15) is 6.54 Å². The molecule has 2 aromatic rings. The van der Waals surface area contributed by atoms with Crippen LogP contribution in [0.5, 0.6) is 0 Å². The molecule has 0 aliphatic heterocycles. The number of carbonyl (C=O) groups is 2. The Morgan fingerprint density at radius 2 is 1.86 bits per heavy atom. The molecule has 28 heavy (non-hydrogen) atoms. The van der Waals surface area contributed by atoms with Gasteiger partial charge in [-0.2, -0.15) is 13.2 Å². The number of hydrogen-bond donors (Lipinski definition) is 2. The number of halogens is 3. The molecule has 11 heteroatoms. The smallest absolute Gasteiger partial charge is 0.405 e. The Hall–Kier alpha value is -2.56. The molecule has 3 amide bonds. The highest BCUT2D eigenvalue weighted by molar-refractivity contribution is 8.00. The largest absolute Gasteiger partial charge is 0.416 e. The highest BCUT2D eigenvalue weighted by Crippen LogP contribution is 2.25. The molecule has 0 spiro atoms. The fourth-order valence-electron chi connectivity index (χ4n) is 2.17. The summed E-state index contributed by atoms with van der Waals surface area (Å²) in [5.74, 6) is -0.228. The normalized spacial score (nSPS) is 13.6. The van der Waals surface area contributed by atoms with Gasteiger partial charge in [-0.3, -0.25) is 10.1 Å². The van der Waals surface area contributed by atoms with Gasteiger partial charge in [-0.1, -0.05) is 49.0 Å². The number of benzene rings is 1. The molecule has 0 bridgehead atoms. The van der Waals surface area contributed by atoms with E-state index in [-0.39, 0.29) is 11.1 Å². The number of nitrogens with one attached hydrogen (secondary N) is 2. The van der Waals surface area contributed by atoms with E-state index in [1.54, 1.807) is 5.32 Å². The summed E-state index contributed by atoms with van der Waals surface area (Å²) in [6.07, 6.45) is -4.05. The van der Waals surface area contributed by atoms with Crippen LogP contribution >= 0.6 is 11.8 Å². The summed E-state index contributed by atoms with van der Waals surface area (Å²) in [7, 11) is 0. The topological polar surface area (TPSA) is 97.1 Å². The Labute approximate surface area is 163 Å². The zero-order valence-corrected chi connectivity index (χ0v) is 15.9. The molecular formula is C17H19F3N4O3S. The number of hydrogen-bond acceptors (Lipinski definition) is 6. The molecule has 1 aromatic heterocycles. The molecule has 0 aliphatic rings. The maximum atomic E-state index is 12.0. The van der Waals surface area contributed by atoms with Crippen molar-refractivity contribution in [2.75, 3.05) is 6.54 Å². The minimum Gasteiger partial charge on any atom is -0.416 e. The van der Waals surface area contributed by atoms with E-state index in [1.165, 1.54) is 6.92 Å². The van der Waals surface area contributed by atoms with Gasteiger partial charge in [0.15, 0.2) is 0 Å². The average Bonchev–Trinajstić information content (AvgIpc) is 3.06. The quantitative estimate of drug-likeness (QED) is 0.673. The Bertz CT molecular complexity index is 798. The first-order chi connectivity index (χ1) is 13.1. The van der Waals surface area contributed by atoms with Crippen LogP contribution in [-0.4, -0.2) is 40.1 Å². The van der Waals surface area contributed by atoms with Crippen molar-refractivity contribution in [2.24, 2.45) is 0 Å². The predicted octanol–water partition coefficient (Wildman–Crippen LogP) is 3.28. The molecule has 1 heterocycles. The van der Waals surface area contributed by atoms with Crippen LogP contribution in [-0.2, 0) is 11.2 Å². The number of amides is 3. The maximum Gasteiger partial charge on any atom is 0.405 e. The van der Waals surface area contributed by atoms with Crippen LogP contribution < -0.4 is 10.6 Å². The third kappa shape index (κ3) is 7.22. The molecule has 0 aliphatic carbocycles. The van der Waals surface area contributed by atoms with Gasteiger partial charge in [0.25, 0.3) is 5.22 Å². The predicted molar refractivity (Wildman–Crippen MR) is 95.8 cm³/mol. The van der Waals surface area contributed by atoms with Gasteiger partial charge in [0, 0.05) is 6.42 Å². The summed E-state index contributed by atoms with van der Waals surface area (Å²) in [5, 5.41) is 10.5. The highest BCUT2D eigenvalue weighted by atomic mass is 32.2. The van der Waals surface area contributed by atoms with Crippen LogP contribution in [0, 0.1) is 0 Å². The van der Waals surface area contributed by atoms with Crippen LogP contribution in [0.1, 0.15) is 31.2 Å². The van der Waals surface area contributed by atoms with E-state index in [9.17, 15) is 22.8 Å². The second-order valence-electron chi connectivity index (χ2n) is 6.02. The van der Waals surface area contributed by atoms with E-state index in [4.69, 9.17) is 4.42 Å². The minimum absolute atomic E-state index is 0.133. The van der Waals surface area contributed by atoms with Gasteiger partial charge in [-0.05, 0) is 18.4 Å². The van der Waals surface area contributed by atoms with Crippen LogP contribution in [0.3, 0.4) is 0 Å². The zero-order chi connectivity index (χ0) is 20.7. The molecule has 2 unspecified atom stereocenters. The third-order valence-electron chi connectivity index (χ3n) is 3.63. The van der Waals surface area contributed by atoms with Gasteiger partial charge in [0.05, 0.1) is 5.25 Å². The van der Waals surface area contributed by atoms with Crippen molar-refractivity contribution in [1.29, 1.82) is 0 Å². The first kappa shape index (κ1) is 21.7. The van der Waals surface area contributed by atoms with Gasteiger partial charge in [-0.25, -0.2) is 4.79 Å². The molecule has 2 rings (SSSR count). The monoisotopic (exact) mass is 416 g/mol. The molecule has 1 aromatic carbocycles. The zero-order valence-electron chi connectivity index (χ0n) is 15.1. The van der Waals surface area contributed by atoms with Crippen molar-refractivity contribution in [3.8, 4) is 0 Å². The number of urea groups is 1. The van der Waals surface area contributed by atoms with E-state index in [0.29, 0.717) is 12.3 Å². The standard InChI is InChI=1S/C17H19F3N4O3S/c1-10(12-6-4-3-5-7-12)8-13-23-24-16(27-13)28-11(2)14(25)22-15(26)21-9-17(18,19)20/h3-7,10-11H,8-9H2,1-2H3,(H2,21,22,25,26). The SMILES string of the molecule is CC(Sc1nnc(CC(C)c2ccccc2)o1)C(=O)NC(=O)NCC(F)(F)F. The lowest BCUT2D eigenvalue weighted by Crippen LogP contribution is -2.45. The van der Waals surface area contributed by atoms with Gasteiger partial charge in [0.2, 0.25) is 11.8 Å². The summed E-state index contributed by atoms with van der Waals surface area (Å²) in [6, 6.07) is 8.56. The van der Waals surface area contributed by atoms with E-state index in [1.807, 2.05) is 42.6 Å². The molecule has 0 saturated carbocycles. The summed E-state index contributed by atoms with van der Waals surface area (Å²) >= 11 is 0.906. The Kier molecular flexibility index (Phi) is 7.44. The van der Waals surface area contributed by atoms with Crippen molar-refractivity contribution in [2.45, 2.75) is 42.8 Å². The lowest BCUT2D eigenvalue weighted by Gasteiger charge is -2.11. The maximum absolute atomic E-state index is 12.0. The summed E-state index contributed by atoms with van der Waals surface area (Å²) < 4.78 is 41.6. The Morgan fingerprint density at radius 3 is 2.50 bits per heavy atom. The molecule has 0 radical (unpaired) electrons. The summed E-state index contributed by atoms with van der Waals surface area (Å²) in [4.78, 5) is 23.2. The van der Waals surface area contributed by atoms with Crippen molar-refractivity contribution < 1.29 is 27.2 Å². The molecule has 2 N–H and O–H groups in total. The van der Waals surface area contributed by atoms with Gasteiger partial charge in [-0.15, -0.1) is 10.2 Å². The van der Waals surface area contributed by atoms with E-state index < -0.39 is 29.9 Å². The molecule has 2 atom stereocenters. The van der Waals surface area contributed by atoms with E-state index >= 15 is 0 Å². The number of thioether (sulfide) groups is 1. The number of alkyl halides is 3. The second kappa shape index (κ2) is 9.58. The molecule has 7 nitrogen and oxygen atoms in total. The molecule has 0 saturated heterocycles. The van der Waals surface area contributed by atoms with Crippen LogP contribution in [0.15, 0.2) is 40.0 Å². The van der Waals surface area contributed by atoms with Gasteiger partial charge < -0.3 is 9.73 Å². The van der Waals surface area contributed by atoms with Crippen molar-refractivity contribution in [1.82, 2.24) is 20.8 Å². The number of nitrogens with zero attached hydrogens (tertiary/aromatic N) is 2. The summed E-state index contributed by atoms with van der Waals surface area (Å²) in [5.41, 5.74) is 1.12. The molecular weight excluding hydrogens is 397 g/mol. The average molecular weight is 416 g/mol. The fraction of sp³-hybridized carbons (Fsp3) is 0.412. The third-order valence-corrected chi connectivity index (χ3v) is 4.56. The van der Waals surface area contributed by atoms with Crippen molar-refractivity contribution in [3.05, 3.63) is 41.8 Å². The summed E-state index contributed by atoms with van der Waals surface area (Å²) in [6.45, 7) is 1.95. The number of carbonyl (C=O) groups excluding carboxylic acids is 2. The Morgan fingerprint density at radius 1 is 1.18 bits per heavy atom. The number of aromatic nitrogens is 2. The first-order valence-electron chi connectivity index (χ1n) is 8.33. The van der Waals surface area contributed by atoms with Crippen molar-refractivity contribution in [3.63, 3.8) is 0 Å². The Balaban J connectivity index is 1.83. The molecule has 152 valence electrons. The number of rotatable bonds is 7. The van der Waals surface area contributed by atoms with E-state index in [2.05, 4.69) is 10.2 Å². The minimum atomic E-state index is -4.56. The number of imide groups is 1. The van der Waals surface area contributed by atoms with Crippen molar-refractivity contribution >= 4 is 23.7 Å². The second-order valence-corrected chi connectivity index (χ2v) is 7.32. The van der Waals surface area contributed by atoms with E-state index in [0.717, 1.165) is 17.3 Å². The highest BCUT2D eigenvalue weighted by Gasteiger charge is 2.28. The molecule has 0 fully saturated rings. The lowest BCUT2D eigenvalue weighted by molar-refractivity contribution is -0.124. The van der Waals surface area contributed by atoms with Gasteiger partial charge >= 0.3 is 12.2 Å². The fourth-order valence-corrected chi connectivity index (χ4v) is 2.87. The van der Waals surface area contributed by atoms with Crippen LogP contribution in [0.2, 0.25) is 0 Å². The van der Waals surface area contributed by atoms with Crippen LogP contribution in [0.25, 0.3) is 0 Å². The van der Waals surface area contributed by atoms with Crippen LogP contribution in [0.4, 0.5) is 18.0 Å². The first-order valence-corrected chi connectivity index (χ1v) is 9.21.